The van der Waals surface area contributed by atoms with Crippen molar-refractivity contribution in [3.8, 4) is 0 Å². The third-order valence-corrected chi connectivity index (χ3v) is 8.00. The molecule has 2 saturated heterocycles. The number of piperidine rings is 1. The Bertz CT molecular complexity index is 787. The van der Waals surface area contributed by atoms with Gasteiger partial charge in [-0.15, -0.1) is 0 Å². The smallest absolute Gasteiger partial charge is 0.255 e. The Morgan fingerprint density at radius 2 is 1.70 bits per heavy atom. The molecule has 1 saturated carbocycles. The van der Waals surface area contributed by atoms with E-state index in [4.69, 9.17) is 4.74 Å². The maximum absolute atomic E-state index is 13.4. The number of hydrogen-bond donors (Lipinski definition) is 0. The molecular formula is C20H28N2O4S. The van der Waals surface area contributed by atoms with Gasteiger partial charge in [-0.1, -0.05) is 31.4 Å². The average molecular weight is 393 g/mol. The number of ether oxygens (including phenoxy) is 1. The number of morpholine rings is 1. The van der Waals surface area contributed by atoms with Gasteiger partial charge in [-0.2, -0.15) is 4.31 Å². The van der Waals surface area contributed by atoms with E-state index in [0.717, 1.165) is 44.9 Å². The van der Waals surface area contributed by atoms with Crippen molar-refractivity contribution >= 4 is 15.9 Å². The van der Waals surface area contributed by atoms with Crippen molar-refractivity contribution in [3.05, 3.63) is 29.8 Å². The minimum Gasteiger partial charge on any atom is -0.374 e. The van der Waals surface area contributed by atoms with Crippen molar-refractivity contribution in [2.75, 3.05) is 26.2 Å². The first-order chi connectivity index (χ1) is 13.1. The van der Waals surface area contributed by atoms with E-state index < -0.39 is 10.0 Å². The Hall–Kier alpha value is -1.44. The first-order valence-corrected chi connectivity index (χ1v) is 11.5. The SMILES string of the molecule is O=C(c1ccccc1S(=O)(=O)N1CCCCC1)N1CCOC2CCCCC21. The van der Waals surface area contributed by atoms with Crippen LogP contribution in [-0.4, -0.2) is 61.9 Å². The fourth-order valence-corrected chi connectivity index (χ4v) is 6.32. The van der Waals surface area contributed by atoms with Crippen molar-refractivity contribution in [2.24, 2.45) is 0 Å². The van der Waals surface area contributed by atoms with Gasteiger partial charge in [0.2, 0.25) is 10.0 Å². The Kier molecular flexibility index (Phi) is 5.53. The molecule has 2 atom stereocenters. The predicted molar refractivity (Wildman–Crippen MR) is 102 cm³/mol. The topological polar surface area (TPSA) is 66.9 Å². The molecule has 0 radical (unpaired) electrons. The van der Waals surface area contributed by atoms with Crippen LogP contribution in [0.4, 0.5) is 0 Å². The van der Waals surface area contributed by atoms with Crippen LogP contribution < -0.4 is 0 Å². The van der Waals surface area contributed by atoms with Crippen LogP contribution >= 0.6 is 0 Å². The fourth-order valence-electron chi connectivity index (χ4n) is 4.62. The highest BCUT2D eigenvalue weighted by molar-refractivity contribution is 7.89. The summed E-state index contributed by atoms with van der Waals surface area (Å²) in [4.78, 5) is 15.4. The lowest BCUT2D eigenvalue weighted by Crippen LogP contribution is -2.55. The van der Waals surface area contributed by atoms with E-state index in [1.54, 1.807) is 24.3 Å². The summed E-state index contributed by atoms with van der Waals surface area (Å²) in [6.07, 6.45) is 7.02. The molecule has 7 heteroatoms. The summed E-state index contributed by atoms with van der Waals surface area (Å²) in [5, 5.41) is 0. The van der Waals surface area contributed by atoms with Crippen molar-refractivity contribution < 1.29 is 17.9 Å². The highest BCUT2D eigenvalue weighted by Gasteiger charge is 2.39. The maximum atomic E-state index is 13.4. The minimum atomic E-state index is -3.65. The summed E-state index contributed by atoms with van der Waals surface area (Å²) in [5.41, 5.74) is 0.300. The van der Waals surface area contributed by atoms with Crippen LogP contribution in [0.5, 0.6) is 0 Å². The van der Waals surface area contributed by atoms with Crippen molar-refractivity contribution in [1.29, 1.82) is 0 Å². The number of carbonyl (C=O) groups is 1. The molecule has 0 spiro atoms. The summed E-state index contributed by atoms with van der Waals surface area (Å²) in [7, 11) is -3.65. The second-order valence-electron chi connectivity index (χ2n) is 7.72. The molecule has 0 bridgehead atoms. The zero-order chi connectivity index (χ0) is 18.9. The molecule has 2 heterocycles. The van der Waals surface area contributed by atoms with Crippen molar-refractivity contribution in [2.45, 2.75) is 62.0 Å². The molecule has 1 aromatic carbocycles. The third-order valence-electron chi connectivity index (χ3n) is 6.04. The van der Waals surface area contributed by atoms with Crippen LogP contribution in [0.1, 0.15) is 55.3 Å². The molecule has 3 fully saturated rings. The number of rotatable bonds is 3. The van der Waals surface area contributed by atoms with Crippen LogP contribution in [0.25, 0.3) is 0 Å². The largest absolute Gasteiger partial charge is 0.374 e. The van der Waals surface area contributed by atoms with Crippen LogP contribution in [-0.2, 0) is 14.8 Å². The number of fused-ring (bicyclic) bond motifs is 1. The molecule has 4 rings (SSSR count). The summed E-state index contributed by atoms with van der Waals surface area (Å²) in [5.74, 6) is -0.175. The van der Waals surface area contributed by atoms with Crippen LogP contribution in [0.3, 0.4) is 0 Å². The highest BCUT2D eigenvalue weighted by atomic mass is 32.2. The zero-order valence-corrected chi connectivity index (χ0v) is 16.5. The second-order valence-corrected chi connectivity index (χ2v) is 9.63. The third kappa shape index (κ3) is 3.65. The molecule has 1 amide bonds. The number of amides is 1. The minimum absolute atomic E-state index is 0.0609. The number of hydrogen-bond acceptors (Lipinski definition) is 4. The van der Waals surface area contributed by atoms with Gasteiger partial charge in [0.1, 0.15) is 0 Å². The summed E-state index contributed by atoms with van der Waals surface area (Å²) < 4.78 is 33.8. The van der Waals surface area contributed by atoms with Gasteiger partial charge in [0.15, 0.2) is 0 Å². The Balaban J connectivity index is 1.65. The molecule has 3 aliphatic rings. The standard InChI is InChI=1S/C20H28N2O4S/c23-20(22-14-15-26-18-10-4-3-9-17(18)22)16-8-2-5-11-19(16)27(24,25)21-12-6-1-7-13-21/h2,5,8,11,17-18H,1,3-4,6-7,9-10,12-15H2. The van der Waals surface area contributed by atoms with Crippen LogP contribution in [0, 0.1) is 0 Å². The lowest BCUT2D eigenvalue weighted by Gasteiger charge is -2.44. The fraction of sp³-hybridized carbons (Fsp3) is 0.650. The van der Waals surface area contributed by atoms with Crippen LogP contribution in [0.2, 0.25) is 0 Å². The van der Waals surface area contributed by atoms with Gasteiger partial charge in [-0.3, -0.25) is 4.79 Å². The van der Waals surface area contributed by atoms with Gasteiger partial charge in [0, 0.05) is 19.6 Å². The molecule has 0 aromatic heterocycles. The summed E-state index contributed by atoms with van der Waals surface area (Å²) in [6.45, 7) is 2.12. The molecular weight excluding hydrogens is 364 g/mol. The van der Waals surface area contributed by atoms with Gasteiger partial charge in [0.25, 0.3) is 5.91 Å². The van der Waals surface area contributed by atoms with Gasteiger partial charge in [0.05, 0.1) is 29.2 Å². The molecule has 27 heavy (non-hydrogen) atoms. The van der Waals surface area contributed by atoms with Crippen LogP contribution in [0.15, 0.2) is 29.2 Å². The molecule has 6 nitrogen and oxygen atoms in total. The van der Waals surface area contributed by atoms with Crippen molar-refractivity contribution in [1.82, 2.24) is 9.21 Å². The number of benzene rings is 1. The quantitative estimate of drug-likeness (QED) is 0.793. The van der Waals surface area contributed by atoms with Crippen molar-refractivity contribution in [3.63, 3.8) is 0 Å². The van der Waals surface area contributed by atoms with E-state index in [2.05, 4.69) is 0 Å². The monoisotopic (exact) mass is 392 g/mol. The predicted octanol–water partition coefficient (Wildman–Crippen LogP) is 2.64. The molecule has 148 valence electrons. The van der Waals surface area contributed by atoms with E-state index in [-0.39, 0.29) is 22.9 Å². The first kappa shape index (κ1) is 18.9. The molecule has 0 N–H and O–H groups in total. The summed E-state index contributed by atoms with van der Waals surface area (Å²) >= 11 is 0. The Morgan fingerprint density at radius 1 is 0.963 bits per heavy atom. The molecule has 1 aliphatic carbocycles. The van der Waals surface area contributed by atoms with E-state index >= 15 is 0 Å². The molecule has 1 aromatic rings. The Labute approximate surface area is 161 Å². The lowest BCUT2D eigenvalue weighted by atomic mass is 9.89. The number of nitrogens with zero attached hydrogens (tertiary/aromatic N) is 2. The molecule has 2 aliphatic heterocycles. The molecule has 2 unspecified atom stereocenters. The summed E-state index contributed by atoms with van der Waals surface area (Å²) in [6, 6.07) is 6.76. The first-order valence-electron chi connectivity index (χ1n) is 10.1. The number of carbonyl (C=O) groups excluding carboxylic acids is 1. The van der Waals surface area contributed by atoms with Gasteiger partial charge >= 0.3 is 0 Å². The normalized spacial score (nSPS) is 27.2. The average Bonchev–Trinajstić information content (AvgIpc) is 2.73. The van der Waals surface area contributed by atoms with E-state index in [9.17, 15) is 13.2 Å². The van der Waals surface area contributed by atoms with Gasteiger partial charge in [-0.05, 0) is 37.8 Å². The number of sulfonamides is 1. The lowest BCUT2D eigenvalue weighted by molar-refractivity contribution is -0.0753. The van der Waals surface area contributed by atoms with E-state index in [1.807, 2.05) is 4.90 Å². The van der Waals surface area contributed by atoms with Gasteiger partial charge < -0.3 is 9.64 Å². The Morgan fingerprint density at radius 3 is 2.52 bits per heavy atom. The van der Waals surface area contributed by atoms with E-state index in [0.29, 0.717) is 31.8 Å². The second kappa shape index (κ2) is 7.89. The van der Waals surface area contributed by atoms with E-state index in [1.165, 1.54) is 4.31 Å². The highest BCUT2D eigenvalue weighted by Crippen LogP contribution is 2.31. The maximum Gasteiger partial charge on any atom is 0.255 e. The van der Waals surface area contributed by atoms with Gasteiger partial charge in [-0.25, -0.2) is 8.42 Å². The zero-order valence-electron chi connectivity index (χ0n) is 15.7.